The highest BCUT2D eigenvalue weighted by Crippen LogP contribution is 2.40. The number of carbonyl (C=O) groups excluding carboxylic acids is 2. The number of benzene rings is 2. The molecule has 2 aromatic carbocycles. The molecule has 39 heavy (non-hydrogen) atoms. The number of pyridine rings is 1. The first-order valence-corrected chi connectivity index (χ1v) is 13.6. The number of hydrogen-bond donors (Lipinski definition) is 0. The fourth-order valence-corrected chi connectivity index (χ4v) is 5.68. The molecule has 2 aromatic heterocycles. The summed E-state index contributed by atoms with van der Waals surface area (Å²) in [7, 11) is 3.09. The van der Waals surface area contributed by atoms with Crippen molar-refractivity contribution >= 4 is 22.9 Å². The number of aromatic nitrogens is 3. The van der Waals surface area contributed by atoms with Crippen molar-refractivity contribution in [2.24, 2.45) is 0 Å². The number of fused-ring (bicyclic) bond motifs is 1. The lowest BCUT2D eigenvalue weighted by Gasteiger charge is -2.35. The minimum atomic E-state index is -0.186. The summed E-state index contributed by atoms with van der Waals surface area (Å²) in [6.07, 6.45) is 7.18. The molecule has 2 aliphatic rings. The van der Waals surface area contributed by atoms with Crippen LogP contribution in [0.5, 0.6) is 11.5 Å². The van der Waals surface area contributed by atoms with E-state index in [1.165, 1.54) is 26.4 Å². The number of imidazole rings is 1. The van der Waals surface area contributed by atoms with Gasteiger partial charge in [0.05, 0.1) is 19.8 Å². The molecule has 8 nitrogen and oxygen atoms in total. The molecular weight excluding hydrogens is 492 g/mol. The Morgan fingerprint density at radius 3 is 2.31 bits per heavy atom. The van der Waals surface area contributed by atoms with Gasteiger partial charge in [-0.25, -0.2) is 9.97 Å². The molecule has 1 saturated heterocycles. The summed E-state index contributed by atoms with van der Waals surface area (Å²) < 4.78 is 13.0. The summed E-state index contributed by atoms with van der Waals surface area (Å²) in [5.41, 5.74) is 3.39. The van der Waals surface area contributed by atoms with Crippen molar-refractivity contribution in [3.05, 3.63) is 83.3 Å². The first kappa shape index (κ1) is 25.1. The van der Waals surface area contributed by atoms with E-state index in [-0.39, 0.29) is 17.7 Å². The van der Waals surface area contributed by atoms with Crippen LogP contribution >= 0.6 is 0 Å². The number of rotatable bonds is 7. The van der Waals surface area contributed by atoms with Crippen molar-refractivity contribution < 1.29 is 19.1 Å². The third-order valence-corrected chi connectivity index (χ3v) is 8.11. The Balaban J connectivity index is 1.15. The predicted molar refractivity (Wildman–Crippen MR) is 148 cm³/mol. The SMILES string of the molecule is COc1ccc(OC)c(C(=O)c2ccc(C(=O)N3CCC(n4c(C5CCC5)nc5cccnc54)CC3)cc2)c1. The van der Waals surface area contributed by atoms with Gasteiger partial charge >= 0.3 is 0 Å². The number of hydrogen-bond acceptors (Lipinski definition) is 6. The van der Waals surface area contributed by atoms with E-state index in [0.29, 0.717) is 47.2 Å². The molecule has 0 unspecified atom stereocenters. The van der Waals surface area contributed by atoms with Crippen molar-refractivity contribution in [2.45, 2.75) is 44.1 Å². The zero-order valence-corrected chi connectivity index (χ0v) is 22.3. The first-order valence-electron chi connectivity index (χ1n) is 13.6. The van der Waals surface area contributed by atoms with Gasteiger partial charge in [-0.05, 0) is 68.1 Å². The standard InChI is InChI=1S/C31H32N4O4/c1-38-24-12-13-27(39-2)25(19-24)28(36)20-8-10-22(11-9-20)31(37)34-17-14-23(15-18-34)35-29(21-5-3-6-21)33-26-7-4-16-32-30(26)35/h4,7-13,16,19,21,23H,3,5-6,14-15,17-18H2,1-2H3. The van der Waals surface area contributed by atoms with Crippen LogP contribution in [-0.2, 0) is 0 Å². The van der Waals surface area contributed by atoms with Crippen molar-refractivity contribution in [1.29, 1.82) is 0 Å². The number of likely N-dealkylation sites (tertiary alicyclic amines) is 1. The van der Waals surface area contributed by atoms with Gasteiger partial charge in [-0.1, -0.05) is 18.6 Å². The zero-order chi connectivity index (χ0) is 26.9. The summed E-state index contributed by atoms with van der Waals surface area (Å²) in [4.78, 5) is 38.0. The van der Waals surface area contributed by atoms with E-state index >= 15 is 0 Å². The monoisotopic (exact) mass is 524 g/mol. The number of ketones is 1. The highest BCUT2D eigenvalue weighted by atomic mass is 16.5. The molecule has 0 atom stereocenters. The van der Waals surface area contributed by atoms with E-state index in [4.69, 9.17) is 14.5 Å². The molecule has 2 fully saturated rings. The molecule has 1 saturated carbocycles. The molecule has 3 heterocycles. The molecule has 4 aromatic rings. The second-order valence-corrected chi connectivity index (χ2v) is 10.3. The van der Waals surface area contributed by atoms with E-state index in [0.717, 1.165) is 29.8 Å². The lowest BCUT2D eigenvalue weighted by Crippen LogP contribution is -2.39. The number of amides is 1. The van der Waals surface area contributed by atoms with Gasteiger partial charge in [0, 0.05) is 42.4 Å². The molecular formula is C31H32N4O4. The molecule has 6 rings (SSSR count). The normalized spacial score (nSPS) is 16.2. The Labute approximate surface area is 227 Å². The quantitative estimate of drug-likeness (QED) is 0.300. The summed E-state index contributed by atoms with van der Waals surface area (Å²) >= 11 is 0. The maximum Gasteiger partial charge on any atom is 0.253 e. The van der Waals surface area contributed by atoms with Gasteiger partial charge < -0.3 is 18.9 Å². The van der Waals surface area contributed by atoms with Crippen LogP contribution in [0.4, 0.5) is 0 Å². The third-order valence-electron chi connectivity index (χ3n) is 8.11. The first-order chi connectivity index (χ1) is 19.1. The van der Waals surface area contributed by atoms with Crippen LogP contribution in [0.3, 0.4) is 0 Å². The maximum atomic E-state index is 13.3. The maximum absolute atomic E-state index is 13.3. The van der Waals surface area contributed by atoms with Crippen LogP contribution in [0.1, 0.15) is 76.2 Å². The van der Waals surface area contributed by atoms with Gasteiger partial charge in [-0.15, -0.1) is 0 Å². The van der Waals surface area contributed by atoms with E-state index in [1.807, 2.05) is 23.2 Å². The van der Waals surface area contributed by atoms with Crippen LogP contribution in [0.25, 0.3) is 11.2 Å². The lowest BCUT2D eigenvalue weighted by molar-refractivity contribution is 0.0693. The number of ether oxygens (including phenoxy) is 2. The van der Waals surface area contributed by atoms with Crippen LogP contribution in [0.2, 0.25) is 0 Å². The summed E-state index contributed by atoms with van der Waals surface area (Å²) in [5, 5.41) is 0. The highest BCUT2D eigenvalue weighted by Gasteiger charge is 2.32. The van der Waals surface area contributed by atoms with Crippen molar-refractivity contribution in [1.82, 2.24) is 19.4 Å². The molecule has 1 amide bonds. The van der Waals surface area contributed by atoms with Gasteiger partial charge in [-0.2, -0.15) is 0 Å². The van der Waals surface area contributed by atoms with Crippen molar-refractivity contribution in [3.63, 3.8) is 0 Å². The molecule has 1 aliphatic carbocycles. The fraction of sp³-hybridized carbons (Fsp3) is 0.355. The lowest BCUT2D eigenvalue weighted by atomic mass is 9.84. The van der Waals surface area contributed by atoms with Gasteiger partial charge in [0.1, 0.15) is 22.8 Å². The zero-order valence-electron chi connectivity index (χ0n) is 22.3. The van der Waals surface area contributed by atoms with Crippen molar-refractivity contribution in [2.75, 3.05) is 27.3 Å². The topological polar surface area (TPSA) is 86.5 Å². The molecule has 1 aliphatic heterocycles. The van der Waals surface area contributed by atoms with E-state index in [2.05, 4.69) is 9.55 Å². The van der Waals surface area contributed by atoms with Crippen LogP contribution in [0, 0.1) is 0 Å². The molecule has 0 bridgehead atoms. The minimum absolute atomic E-state index is 0.0146. The molecule has 200 valence electrons. The van der Waals surface area contributed by atoms with Crippen LogP contribution in [0.15, 0.2) is 60.8 Å². The fourth-order valence-electron chi connectivity index (χ4n) is 5.68. The Kier molecular flexibility index (Phi) is 6.77. The van der Waals surface area contributed by atoms with E-state index in [9.17, 15) is 9.59 Å². The number of nitrogens with zero attached hydrogens (tertiary/aromatic N) is 4. The second-order valence-electron chi connectivity index (χ2n) is 10.3. The van der Waals surface area contributed by atoms with Gasteiger partial charge in [0.15, 0.2) is 11.4 Å². The highest BCUT2D eigenvalue weighted by molar-refractivity contribution is 6.11. The largest absolute Gasteiger partial charge is 0.497 e. The van der Waals surface area contributed by atoms with E-state index in [1.54, 1.807) is 49.6 Å². The predicted octanol–water partition coefficient (Wildman–Crippen LogP) is 5.42. The number of methoxy groups -OCH3 is 2. The smallest absolute Gasteiger partial charge is 0.253 e. The Morgan fingerprint density at radius 2 is 1.64 bits per heavy atom. The minimum Gasteiger partial charge on any atom is -0.497 e. The van der Waals surface area contributed by atoms with Gasteiger partial charge in [0.25, 0.3) is 5.91 Å². The average molecular weight is 525 g/mol. The second kappa shape index (κ2) is 10.5. The number of piperidine rings is 1. The molecule has 0 N–H and O–H groups in total. The van der Waals surface area contributed by atoms with E-state index < -0.39 is 0 Å². The summed E-state index contributed by atoms with van der Waals surface area (Å²) in [6.45, 7) is 1.34. The molecule has 8 heteroatoms. The van der Waals surface area contributed by atoms with Crippen LogP contribution in [-0.4, -0.2) is 58.4 Å². The summed E-state index contributed by atoms with van der Waals surface area (Å²) in [5.74, 6) is 2.52. The third kappa shape index (κ3) is 4.64. The Hall–Kier alpha value is -4.20. The molecule has 0 radical (unpaired) electrons. The Morgan fingerprint density at radius 1 is 0.897 bits per heavy atom. The summed E-state index contributed by atoms with van der Waals surface area (Å²) in [6, 6.07) is 16.3. The number of carbonyl (C=O) groups is 2. The molecule has 0 spiro atoms. The average Bonchev–Trinajstić information content (AvgIpc) is 3.34. The van der Waals surface area contributed by atoms with Crippen molar-refractivity contribution in [3.8, 4) is 11.5 Å². The Bertz CT molecular complexity index is 1520. The van der Waals surface area contributed by atoms with Crippen LogP contribution < -0.4 is 9.47 Å². The van der Waals surface area contributed by atoms with Gasteiger partial charge in [0.2, 0.25) is 0 Å². The van der Waals surface area contributed by atoms with Gasteiger partial charge in [-0.3, -0.25) is 9.59 Å².